The molecular weight excluding hydrogens is 264 g/mol. The molecule has 1 heterocycles. The normalized spacial score (nSPS) is 10.4. The van der Waals surface area contributed by atoms with Crippen LogP contribution in [0.4, 0.5) is 8.78 Å². The van der Waals surface area contributed by atoms with Crippen LogP contribution in [0, 0.1) is 18.6 Å². The number of benzene rings is 1. The second-order valence-corrected chi connectivity index (χ2v) is 4.39. The number of nitrogens with zero attached hydrogens (tertiary/aromatic N) is 1. The maximum atomic E-state index is 13.7. The van der Waals surface area contributed by atoms with Crippen molar-refractivity contribution in [2.75, 3.05) is 7.11 Å². The molecule has 104 valence electrons. The van der Waals surface area contributed by atoms with E-state index in [1.807, 2.05) is 0 Å². The fraction of sp³-hybridized carbons (Fsp3) is 0.200. The summed E-state index contributed by atoms with van der Waals surface area (Å²) < 4.78 is 31.2. The van der Waals surface area contributed by atoms with E-state index in [1.54, 1.807) is 13.0 Å². The summed E-state index contributed by atoms with van der Waals surface area (Å²) in [7, 11) is 1.27. The molecule has 0 N–H and O–H groups in total. The number of carbonyl (C=O) groups is 1. The molecule has 0 fully saturated rings. The van der Waals surface area contributed by atoms with Crippen LogP contribution in [0.1, 0.15) is 27.2 Å². The highest BCUT2D eigenvalue weighted by Gasteiger charge is 2.15. The third-order valence-electron chi connectivity index (χ3n) is 2.93. The van der Waals surface area contributed by atoms with Gasteiger partial charge in [0.15, 0.2) is 0 Å². The number of methoxy groups -OCH3 is 1. The molecular formula is C15H13F2NO2. The first-order valence-electron chi connectivity index (χ1n) is 5.99. The summed E-state index contributed by atoms with van der Waals surface area (Å²) in [5, 5.41) is 0. The van der Waals surface area contributed by atoms with Crippen LogP contribution in [0.5, 0.6) is 0 Å². The van der Waals surface area contributed by atoms with Gasteiger partial charge in [-0.15, -0.1) is 0 Å². The van der Waals surface area contributed by atoms with E-state index < -0.39 is 17.6 Å². The lowest BCUT2D eigenvalue weighted by molar-refractivity contribution is 0.0599. The Labute approximate surface area is 115 Å². The number of hydrogen-bond acceptors (Lipinski definition) is 3. The van der Waals surface area contributed by atoms with Gasteiger partial charge in [-0.1, -0.05) is 6.07 Å². The molecule has 0 saturated carbocycles. The molecule has 2 rings (SSSR count). The SMILES string of the molecule is COC(=O)c1cnc(C)cc1Cc1ccc(F)cc1F. The molecule has 0 radical (unpaired) electrons. The maximum absolute atomic E-state index is 13.7. The van der Waals surface area contributed by atoms with E-state index in [-0.39, 0.29) is 12.0 Å². The summed E-state index contributed by atoms with van der Waals surface area (Å²) in [5.41, 5.74) is 1.88. The highest BCUT2D eigenvalue weighted by atomic mass is 19.1. The van der Waals surface area contributed by atoms with E-state index >= 15 is 0 Å². The smallest absolute Gasteiger partial charge is 0.339 e. The minimum absolute atomic E-state index is 0.167. The molecule has 0 aliphatic heterocycles. The van der Waals surface area contributed by atoms with Crippen LogP contribution in [-0.4, -0.2) is 18.1 Å². The first-order valence-corrected chi connectivity index (χ1v) is 5.99. The van der Waals surface area contributed by atoms with Gasteiger partial charge in [-0.2, -0.15) is 0 Å². The number of rotatable bonds is 3. The zero-order valence-electron chi connectivity index (χ0n) is 11.1. The van der Waals surface area contributed by atoms with Crippen molar-refractivity contribution in [2.45, 2.75) is 13.3 Å². The van der Waals surface area contributed by atoms with Gasteiger partial charge in [-0.3, -0.25) is 4.98 Å². The fourth-order valence-electron chi connectivity index (χ4n) is 1.93. The summed E-state index contributed by atoms with van der Waals surface area (Å²) in [6.45, 7) is 1.77. The Balaban J connectivity index is 2.41. The van der Waals surface area contributed by atoms with Crippen molar-refractivity contribution in [2.24, 2.45) is 0 Å². The van der Waals surface area contributed by atoms with E-state index in [1.165, 1.54) is 25.4 Å². The van der Waals surface area contributed by atoms with E-state index in [0.717, 1.165) is 6.07 Å². The molecule has 20 heavy (non-hydrogen) atoms. The largest absolute Gasteiger partial charge is 0.465 e. The second-order valence-electron chi connectivity index (χ2n) is 4.39. The number of hydrogen-bond donors (Lipinski definition) is 0. The van der Waals surface area contributed by atoms with Gasteiger partial charge in [0, 0.05) is 24.4 Å². The average molecular weight is 277 g/mol. The van der Waals surface area contributed by atoms with E-state index in [2.05, 4.69) is 9.72 Å². The predicted molar refractivity (Wildman–Crippen MR) is 69.5 cm³/mol. The number of carbonyl (C=O) groups excluding carboxylic acids is 1. The Morgan fingerprint density at radius 2 is 2.00 bits per heavy atom. The first-order chi connectivity index (χ1) is 9.51. The van der Waals surface area contributed by atoms with Gasteiger partial charge in [-0.25, -0.2) is 13.6 Å². The molecule has 3 nitrogen and oxygen atoms in total. The molecule has 0 aliphatic carbocycles. The monoisotopic (exact) mass is 277 g/mol. The van der Waals surface area contributed by atoms with Crippen molar-refractivity contribution in [3.05, 3.63) is 64.5 Å². The molecule has 0 atom stereocenters. The number of pyridine rings is 1. The Kier molecular flexibility index (Phi) is 4.08. The molecule has 0 aliphatic rings. The summed E-state index contributed by atoms with van der Waals surface area (Å²) in [6, 6.07) is 5.06. The molecule has 5 heteroatoms. The maximum Gasteiger partial charge on any atom is 0.339 e. The Morgan fingerprint density at radius 3 is 2.65 bits per heavy atom. The number of aryl methyl sites for hydroxylation is 1. The van der Waals surface area contributed by atoms with E-state index in [0.29, 0.717) is 16.8 Å². The minimum Gasteiger partial charge on any atom is -0.465 e. The van der Waals surface area contributed by atoms with Gasteiger partial charge in [0.1, 0.15) is 11.6 Å². The molecule has 2 aromatic rings. The molecule has 0 unspecified atom stereocenters. The molecule has 1 aromatic heterocycles. The minimum atomic E-state index is -0.643. The molecule has 1 aromatic carbocycles. The van der Waals surface area contributed by atoms with Crippen LogP contribution in [0.3, 0.4) is 0 Å². The number of halogens is 2. The van der Waals surface area contributed by atoms with Crippen LogP contribution in [0.2, 0.25) is 0 Å². The zero-order valence-corrected chi connectivity index (χ0v) is 11.1. The van der Waals surface area contributed by atoms with Crippen LogP contribution in [0.25, 0.3) is 0 Å². The second kappa shape index (κ2) is 5.77. The Morgan fingerprint density at radius 1 is 1.25 bits per heavy atom. The lowest BCUT2D eigenvalue weighted by Gasteiger charge is -2.09. The lowest BCUT2D eigenvalue weighted by Crippen LogP contribution is -2.08. The van der Waals surface area contributed by atoms with Gasteiger partial charge in [0.05, 0.1) is 12.7 Å². The lowest BCUT2D eigenvalue weighted by atomic mass is 10.00. The Hall–Kier alpha value is -2.30. The fourth-order valence-corrected chi connectivity index (χ4v) is 1.93. The van der Waals surface area contributed by atoms with Crippen molar-refractivity contribution < 1.29 is 18.3 Å². The third-order valence-corrected chi connectivity index (χ3v) is 2.93. The number of aromatic nitrogens is 1. The topological polar surface area (TPSA) is 39.2 Å². The van der Waals surface area contributed by atoms with E-state index in [4.69, 9.17) is 0 Å². The third kappa shape index (κ3) is 2.99. The summed E-state index contributed by atoms with van der Waals surface area (Å²) in [5.74, 6) is -1.81. The van der Waals surface area contributed by atoms with Crippen molar-refractivity contribution in [1.82, 2.24) is 4.98 Å². The van der Waals surface area contributed by atoms with Crippen LogP contribution in [-0.2, 0) is 11.2 Å². The summed E-state index contributed by atoms with van der Waals surface area (Å²) in [4.78, 5) is 15.7. The molecule has 0 spiro atoms. The highest BCUT2D eigenvalue weighted by molar-refractivity contribution is 5.90. The van der Waals surface area contributed by atoms with Crippen molar-refractivity contribution >= 4 is 5.97 Å². The van der Waals surface area contributed by atoms with Crippen molar-refractivity contribution in [1.29, 1.82) is 0 Å². The predicted octanol–water partition coefficient (Wildman–Crippen LogP) is 3.05. The highest BCUT2D eigenvalue weighted by Crippen LogP contribution is 2.18. The van der Waals surface area contributed by atoms with Gasteiger partial charge in [0.2, 0.25) is 0 Å². The first kappa shape index (κ1) is 14.1. The average Bonchev–Trinajstić information content (AvgIpc) is 2.41. The van der Waals surface area contributed by atoms with Crippen molar-refractivity contribution in [3.63, 3.8) is 0 Å². The standard InChI is InChI=1S/C15H13F2NO2/c1-9-5-11(13(8-18-9)15(19)20-2)6-10-3-4-12(16)7-14(10)17/h3-5,7-8H,6H2,1-2H3. The van der Waals surface area contributed by atoms with Crippen LogP contribution < -0.4 is 0 Å². The Bertz CT molecular complexity index is 656. The van der Waals surface area contributed by atoms with E-state index in [9.17, 15) is 13.6 Å². The zero-order chi connectivity index (χ0) is 14.7. The molecule has 0 saturated heterocycles. The van der Waals surface area contributed by atoms with Crippen LogP contribution >= 0.6 is 0 Å². The van der Waals surface area contributed by atoms with Gasteiger partial charge < -0.3 is 4.74 Å². The summed E-state index contributed by atoms with van der Waals surface area (Å²) >= 11 is 0. The van der Waals surface area contributed by atoms with Crippen LogP contribution in [0.15, 0.2) is 30.5 Å². The van der Waals surface area contributed by atoms with Gasteiger partial charge in [0.25, 0.3) is 0 Å². The summed E-state index contributed by atoms with van der Waals surface area (Å²) in [6.07, 6.45) is 1.57. The van der Waals surface area contributed by atoms with Gasteiger partial charge in [-0.05, 0) is 30.2 Å². The molecule has 0 bridgehead atoms. The quantitative estimate of drug-likeness (QED) is 0.809. The number of ether oxygens (including phenoxy) is 1. The van der Waals surface area contributed by atoms with Gasteiger partial charge >= 0.3 is 5.97 Å². The number of esters is 1. The molecule has 0 amide bonds. The van der Waals surface area contributed by atoms with Crippen molar-refractivity contribution in [3.8, 4) is 0 Å².